The molecule has 1 aromatic rings. The average Bonchev–Trinajstić information content (AvgIpc) is 2.29. The maximum absolute atomic E-state index is 11.1. The summed E-state index contributed by atoms with van der Waals surface area (Å²) in [5, 5.41) is 16.0. The molecule has 19 heavy (non-hydrogen) atoms. The molecule has 0 aromatic carbocycles. The third kappa shape index (κ3) is 3.91. The zero-order chi connectivity index (χ0) is 14.6. The molecule has 0 spiro atoms. The Morgan fingerprint density at radius 2 is 2.16 bits per heavy atom. The van der Waals surface area contributed by atoms with Gasteiger partial charge in [-0.25, -0.2) is 9.78 Å². The van der Waals surface area contributed by atoms with Crippen molar-refractivity contribution in [2.24, 2.45) is 5.73 Å². The molecule has 0 aliphatic heterocycles. The second-order valence-electron chi connectivity index (χ2n) is 3.80. The fourth-order valence-corrected chi connectivity index (χ4v) is 1.23. The number of nitrogens with one attached hydrogen (secondary N) is 1. The van der Waals surface area contributed by atoms with Crippen LogP contribution >= 0.6 is 0 Å². The fourth-order valence-electron chi connectivity index (χ4n) is 1.23. The first-order valence-corrected chi connectivity index (χ1v) is 5.25. The lowest BCUT2D eigenvalue weighted by molar-refractivity contribution is -0.116. The number of aromatic nitrogens is 1. The SMILES string of the molecule is CC(=N)/C=C(/Oc1cnc(C(=O)O)cc1C)C(N)=O. The highest BCUT2D eigenvalue weighted by Crippen LogP contribution is 2.19. The first-order valence-electron chi connectivity index (χ1n) is 5.25. The van der Waals surface area contributed by atoms with Crippen LogP contribution in [0.25, 0.3) is 0 Å². The zero-order valence-corrected chi connectivity index (χ0v) is 10.4. The first kappa shape index (κ1) is 14.4. The molecule has 0 radical (unpaired) electrons. The van der Waals surface area contributed by atoms with Crippen LogP contribution in [0.3, 0.4) is 0 Å². The second kappa shape index (κ2) is 5.76. The summed E-state index contributed by atoms with van der Waals surface area (Å²) in [6.45, 7) is 3.07. The van der Waals surface area contributed by atoms with Crippen LogP contribution in [0.5, 0.6) is 5.75 Å². The van der Waals surface area contributed by atoms with Crippen molar-refractivity contribution in [3.05, 3.63) is 35.4 Å². The highest BCUT2D eigenvalue weighted by atomic mass is 16.5. The number of hydrogen-bond acceptors (Lipinski definition) is 5. The van der Waals surface area contributed by atoms with Gasteiger partial charge in [0.2, 0.25) is 0 Å². The van der Waals surface area contributed by atoms with Crippen molar-refractivity contribution in [2.75, 3.05) is 0 Å². The van der Waals surface area contributed by atoms with E-state index in [1.54, 1.807) is 6.92 Å². The molecule has 7 heteroatoms. The molecule has 1 rings (SSSR count). The number of carbonyl (C=O) groups excluding carboxylic acids is 1. The van der Waals surface area contributed by atoms with Crippen molar-refractivity contribution in [3.8, 4) is 5.75 Å². The molecule has 0 fully saturated rings. The maximum atomic E-state index is 11.1. The Bertz CT molecular complexity index is 578. The van der Waals surface area contributed by atoms with E-state index in [1.165, 1.54) is 25.3 Å². The fraction of sp³-hybridized carbons (Fsp3) is 0.167. The molecule has 4 N–H and O–H groups in total. The topological polar surface area (TPSA) is 126 Å². The van der Waals surface area contributed by atoms with Gasteiger partial charge in [0.05, 0.1) is 6.20 Å². The van der Waals surface area contributed by atoms with Crippen LogP contribution in [0.15, 0.2) is 24.1 Å². The van der Waals surface area contributed by atoms with Gasteiger partial charge < -0.3 is 21.0 Å². The number of amides is 1. The van der Waals surface area contributed by atoms with E-state index >= 15 is 0 Å². The number of ether oxygens (including phenoxy) is 1. The molecule has 0 bridgehead atoms. The molecule has 0 saturated heterocycles. The van der Waals surface area contributed by atoms with E-state index in [0.717, 1.165) is 0 Å². The average molecular weight is 263 g/mol. The molecule has 1 amide bonds. The molecule has 0 saturated carbocycles. The maximum Gasteiger partial charge on any atom is 0.354 e. The number of nitrogens with zero attached hydrogens (tertiary/aromatic N) is 1. The predicted octanol–water partition coefficient (Wildman–Crippen LogP) is 0.876. The normalized spacial score (nSPS) is 10.9. The van der Waals surface area contributed by atoms with Crippen LogP contribution in [-0.4, -0.2) is 27.7 Å². The predicted molar refractivity (Wildman–Crippen MR) is 67.2 cm³/mol. The third-order valence-electron chi connectivity index (χ3n) is 2.09. The van der Waals surface area contributed by atoms with Gasteiger partial charge in [0.1, 0.15) is 11.4 Å². The second-order valence-corrected chi connectivity index (χ2v) is 3.80. The Labute approximate surface area is 109 Å². The number of pyridine rings is 1. The van der Waals surface area contributed by atoms with Crippen molar-refractivity contribution in [1.29, 1.82) is 5.41 Å². The van der Waals surface area contributed by atoms with E-state index in [9.17, 15) is 9.59 Å². The third-order valence-corrected chi connectivity index (χ3v) is 2.09. The number of carbonyl (C=O) groups is 2. The van der Waals surface area contributed by atoms with Gasteiger partial charge in [-0.05, 0) is 25.5 Å². The van der Waals surface area contributed by atoms with Gasteiger partial charge in [0, 0.05) is 11.8 Å². The van der Waals surface area contributed by atoms with Crippen LogP contribution in [0, 0.1) is 12.3 Å². The summed E-state index contributed by atoms with van der Waals surface area (Å²) in [7, 11) is 0. The zero-order valence-electron chi connectivity index (χ0n) is 10.4. The van der Waals surface area contributed by atoms with Gasteiger partial charge in [-0.15, -0.1) is 0 Å². The summed E-state index contributed by atoms with van der Waals surface area (Å²) in [5.41, 5.74) is 5.58. The van der Waals surface area contributed by atoms with E-state index in [-0.39, 0.29) is 22.9 Å². The largest absolute Gasteiger partial charge is 0.477 e. The van der Waals surface area contributed by atoms with Crippen molar-refractivity contribution in [3.63, 3.8) is 0 Å². The number of aromatic carboxylic acids is 1. The first-order chi connectivity index (χ1) is 8.81. The Balaban J connectivity index is 3.08. The minimum absolute atomic E-state index is 0.0987. The number of hydrogen-bond donors (Lipinski definition) is 3. The van der Waals surface area contributed by atoms with Gasteiger partial charge in [0.25, 0.3) is 5.91 Å². The Kier molecular flexibility index (Phi) is 4.36. The van der Waals surface area contributed by atoms with E-state index in [4.69, 9.17) is 21.0 Å². The summed E-state index contributed by atoms with van der Waals surface area (Å²) >= 11 is 0. The lowest BCUT2D eigenvalue weighted by Gasteiger charge is -2.09. The van der Waals surface area contributed by atoms with Crippen LogP contribution in [0.4, 0.5) is 0 Å². The van der Waals surface area contributed by atoms with Crippen LogP contribution in [0.1, 0.15) is 23.0 Å². The van der Waals surface area contributed by atoms with E-state index in [0.29, 0.717) is 5.56 Å². The number of carboxylic acid groups (broad SMARTS) is 1. The van der Waals surface area contributed by atoms with Crippen LogP contribution < -0.4 is 10.5 Å². The number of aryl methyl sites for hydroxylation is 1. The molecule has 0 aliphatic carbocycles. The number of carboxylic acids is 1. The summed E-state index contributed by atoms with van der Waals surface area (Å²) in [5.74, 6) is -1.99. The summed E-state index contributed by atoms with van der Waals surface area (Å²) in [6, 6.07) is 1.31. The van der Waals surface area contributed by atoms with Gasteiger partial charge in [-0.2, -0.15) is 0 Å². The quantitative estimate of drug-likeness (QED) is 0.413. The number of nitrogens with two attached hydrogens (primary N) is 1. The molecule has 1 heterocycles. The highest BCUT2D eigenvalue weighted by molar-refractivity contribution is 6.00. The van der Waals surface area contributed by atoms with Gasteiger partial charge in [0.15, 0.2) is 5.76 Å². The van der Waals surface area contributed by atoms with Crippen molar-refractivity contribution >= 4 is 17.6 Å². The van der Waals surface area contributed by atoms with E-state index < -0.39 is 11.9 Å². The Hall–Kier alpha value is -2.70. The van der Waals surface area contributed by atoms with Crippen LogP contribution in [-0.2, 0) is 4.79 Å². The van der Waals surface area contributed by atoms with E-state index in [2.05, 4.69) is 4.98 Å². The standard InChI is InChI=1S/C12H13N3O4/c1-6-3-8(12(17)18)15-5-10(6)19-9(11(14)16)4-7(2)13/h3-5,13H,1-2H3,(H2,14,16)(H,17,18)/b9-4+,13-7?. The van der Waals surface area contributed by atoms with Gasteiger partial charge in [-0.3, -0.25) is 4.79 Å². The summed E-state index contributed by atoms with van der Waals surface area (Å²) in [4.78, 5) is 25.5. The molecule has 7 nitrogen and oxygen atoms in total. The van der Waals surface area contributed by atoms with Crippen molar-refractivity contribution in [1.82, 2.24) is 4.98 Å². The summed E-state index contributed by atoms with van der Waals surface area (Å²) in [6.07, 6.45) is 2.36. The lowest BCUT2D eigenvalue weighted by Crippen LogP contribution is -2.19. The minimum Gasteiger partial charge on any atom is -0.477 e. The summed E-state index contributed by atoms with van der Waals surface area (Å²) < 4.78 is 5.24. The van der Waals surface area contributed by atoms with Crippen LogP contribution in [0.2, 0.25) is 0 Å². The van der Waals surface area contributed by atoms with Crippen molar-refractivity contribution in [2.45, 2.75) is 13.8 Å². The smallest absolute Gasteiger partial charge is 0.354 e. The number of primary amides is 1. The molecular formula is C12H13N3O4. The van der Waals surface area contributed by atoms with E-state index in [1.807, 2.05) is 0 Å². The monoisotopic (exact) mass is 263 g/mol. The molecule has 0 aliphatic rings. The molecule has 100 valence electrons. The Morgan fingerprint density at radius 1 is 1.53 bits per heavy atom. The molecule has 0 unspecified atom stereocenters. The molecular weight excluding hydrogens is 250 g/mol. The van der Waals surface area contributed by atoms with Crippen molar-refractivity contribution < 1.29 is 19.4 Å². The minimum atomic E-state index is -1.16. The molecule has 1 aromatic heterocycles. The van der Waals surface area contributed by atoms with Gasteiger partial charge in [-0.1, -0.05) is 0 Å². The van der Waals surface area contributed by atoms with Gasteiger partial charge >= 0.3 is 5.97 Å². The number of rotatable bonds is 5. The molecule has 0 atom stereocenters. The number of allylic oxidation sites excluding steroid dienone is 1. The Morgan fingerprint density at radius 3 is 2.58 bits per heavy atom. The lowest BCUT2D eigenvalue weighted by atomic mass is 10.2. The highest BCUT2D eigenvalue weighted by Gasteiger charge is 2.13.